The average Bonchev–Trinajstić information content (AvgIpc) is 2.11. The molecule has 1 aromatic rings. The Hall–Kier alpha value is -0.940. The van der Waals surface area contributed by atoms with Crippen LogP contribution in [-0.4, -0.2) is 11.7 Å². The summed E-state index contributed by atoms with van der Waals surface area (Å²) in [5.41, 5.74) is 0.755. The summed E-state index contributed by atoms with van der Waals surface area (Å²) in [4.78, 5) is 0. The van der Waals surface area contributed by atoms with Crippen LogP contribution in [0.25, 0.3) is 0 Å². The van der Waals surface area contributed by atoms with Crippen LogP contribution in [0.2, 0.25) is 10.0 Å². The molecule has 0 amide bonds. The molecule has 0 aromatic heterocycles. The van der Waals surface area contributed by atoms with Crippen molar-refractivity contribution < 1.29 is 5.11 Å². The number of benzene rings is 1. The van der Waals surface area contributed by atoms with Crippen LogP contribution < -0.4 is 0 Å². The van der Waals surface area contributed by atoms with Gasteiger partial charge in [0.1, 0.15) is 0 Å². The third-order valence-corrected chi connectivity index (χ3v) is 1.82. The van der Waals surface area contributed by atoms with Crippen LogP contribution in [0.15, 0.2) is 30.4 Å². The molecule has 0 atom stereocenters. The van der Waals surface area contributed by atoms with Gasteiger partial charge in [-0.15, -0.1) is 0 Å². The lowest BCUT2D eigenvalue weighted by molar-refractivity contribution is 0.343. The zero-order valence-electron chi connectivity index (χ0n) is 7.30. The summed E-state index contributed by atoms with van der Waals surface area (Å²) in [7, 11) is 0. The van der Waals surface area contributed by atoms with Crippen LogP contribution in [0.5, 0.6) is 0 Å². The van der Waals surface area contributed by atoms with Gasteiger partial charge in [0.05, 0.1) is 6.61 Å². The lowest BCUT2D eigenvalue weighted by Crippen LogP contribution is -1.74. The van der Waals surface area contributed by atoms with E-state index in [0.717, 1.165) is 5.56 Å². The molecule has 1 aromatic carbocycles. The molecule has 0 saturated carbocycles. The van der Waals surface area contributed by atoms with E-state index in [0.29, 0.717) is 10.0 Å². The minimum atomic E-state index is -0.00895. The van der Waals surface area contributed by atoms with Gasteiger partial charge in [0.25, 0.3) is 0 Å². The first kappa shape index (κ1) is 11.1. The van der Waals surface area contributed by atoms with Gasteiger partial charge in [0.15, 0.2) is 0 Å². The Labute approximate surface area is 93.0 Å². The van der Waals surface area contributed by atoms with Crippen LogP contribution in [0, 0.1) is 11.8 Å². The van der Waals surface area contributed by atoms with Gasteiger partial charge in [-0.25, -0.2) is 0 Å². The van der Waals surface area contributed by atoms with E-state index in [4.69, 9.17) is 28.3 Å². The number of aliphatic hydroxyl groups is 1. The van der Waals surface area contributed by atoms with Gasteiger partial charge in [-0.05, 0) is 24.3 Å². The molecule has 0 fully saturated rings. The van der Waals surface area contributed by atoms with E-state index in [2.05, 4.69) is 11.8 Å². The molecule has 0 aliphatic rings. The standard InChI is InChI=1S/C11H8Cl2O/c12-10-6-9(7-11(13)8-10)4-2-1-3-5-14/h1,3,6-8,14H,5H2. The fourth-order valence-corrected chi connectivity index (χ4v) is 1.39. The summed E-state index contributed by atoms with van der Waals surface area (Å²) >= 11 is 11.6. The van der Waals surface area contributed by atoms with E-state index in [1.54, 1.807) is 30.4 Å². The normalized spacial score (nSPS) is 9.93. The Balaban J connectivity index is 2.84. The quantitative estimate of drug-likeness (QED) is 0.731. The fraction of sp³-hybridized carbons (Fsp3) is 0.0909. The number of aliphatic hydroxyl groups excluding tert-OH is 1. The van der Waals surface area contributed by atoms with E-state index >= 15 is 0 Å². The van der Waals surface area contributed by atoms with Gasteiger partial charge >= 0.3 is 0 Å². The number of rotatable bonds is 1. The maximum Gasteiger partial charge on any atom is 0.0621 e. The molecule has 1 N–H and O–H groups in total. The monoisotopic (exact) mass is 226 g/mol. The highest BCUT2D eigenvalue weighted by atomic mass is 35.5. The molecule has 0 radical (unpaired) electrons. The van der Waals surface area contributed by atoms with E-state index < -0.39 is 0 Å². The largest absolute Gasteiger partial charge is 0.392 e. The van der Waals surface area contributed by atoms with Crippen LogP contribution in [0.4, 0.5) is 0 Å². The third kappa shape index (κ3) is 3.85. The average molecular weight is 227 g/mol. The highest BCUT2D eigenvalue weighted by molar-refractivity contribution is 6.34. The first-order valence-corrected chi connectivity index (χ1v) is 4.71. The molecule has 0 aliphatic heterocycles. The van der Waals surface area contributed by atoms with Crippen molar-refractivity contribution in [2.75, 3.05) is 6.61 Å². The van der Waals surface area contributed by atoms with Crippen molar-refractivity contribution in [1.29, 1.82) is 0 Å². The molecule has 3 heteroatoms. The molecule has 14 heavy (non-hydrogen) atoms. The van der Waals surface area contributed by atoms with Gasteiger partial charge in [0, 0.05) is 15.6 Å². The predicted octanol–water partition coefficient (Wildman–Crippen LogP) is 2.89. The van der Waals surface area contributed by atoms with E-state index in [1.165, 1.54) is 0 Å². The molecule has 0 heterocycles. The van der Waals surface area contributed by atoms with Crippen LogP contribution in [0.1, 0.15) is 5.56 Å². The topological polar surface area (TPSA) is 20.2 Å². The van der Waals surface area contributed by atoms with Gasteiger partial charge in [-0.1, -0.05) is 41.1 Å². The summed E-state index contributed by atoms with van der Waals surface area (Å²) in [5, 5.41) is 9.58. The molecule has 1 rings (SSSR count). The molecule has 1 nitrogen and oxygen atoms in total. The van der Waals surface area contributed by atoms with Crippen molar-refractivity contribution in [3.63, 3.8) is 0 Å². The van der Waals surface area contributed by atoms with Gasteiger partial charge in [-0.2, -0.15) is 0 Å². The second-order valence-electron chi connectivity index (χ2n) is 2.51. The number of allylic oxidation sites excluding steroid dienone is 1. The number of halogens is 2. The third-order valence-electron chi connectivity index (χ3n) is 1.39. The Morgan fingerprint density at radius 3 is 2.43 bits per heavy atom. The lowest BCUT2D eigenvalue weighted by atomic mass is 10.2. The summed E-state index contributed by atoms with van der Waals surface area (Å²) in [6, 6.07) is 5.11. The van der Waals surface area contributed by atoms with Crippen LogP contribution >= 0.6 is 23.2 Å². The molecule has 0 bridgehead atoms. The maximum atomic E-state index is 8.45. The van der Waals surface area contributed by atoms with Gasteiger partial charge < -0.3 is 5.11 Å². The summed E-state index contributed by atoms with van der Waals surface area (Å²) in [5.74, 6) is 5.59. The SMILES string of the molecule is OCC=CC#Cc1cc(Cl)cc(Cl)c1. The molecule has 0 spiro atoms. The van der Waals surface area contributed by atoms with E-state index in [9.17, 15) is 0 Å². The molecule has 0 saturated heterocycles. The van der Waals surface area contributed by atoms with Crippen LogP contribution in [0.3, 0.4) is 0 Å². The van der Waals surface area contributed by atoms with Crippen LogP contribution in [-0.2, 0) is 0 Å². The molecule has 0 aliphatic carbocycles. The van der Waals surface area contributed by atoms with Crippen molar-refractivity contribution in [3.05, 3.63) is 46.0 Å². The van der Waals surface area contributed by atoms with Crippen molar-refractivity contribution in [2.24, 2.45) is 0 Å². The lowest BCUT2D eigenvalue weighted by Gasteiger charge is -1.93. The Bertz CT molecular complexity index is 379. The zero-order chi connectivity index (χ0) is 10.4. The van der Waals surface area contributed by atoms with Crippen molar-refractivity contribution in [1.82, 2.24) is 0 Å². The van der Waals surface area contributed by atoms with Crippen molar-refractivity contribution in [2.45, 2.75) is 0 Å². The van der Waals surface area contributed by atoms with E-state index in [1.807, 2.05) is 0 Å². The summed E-state index contributed by atoms with van der Waals surface area (Å²) < 4.78 is 0. The molecular formula is C11H8Cl2O. The Kier molecular flexibility index (Phi) is 4.55. The fourth-order valence-electron chi connectivity index (χ4n) is 0.863. The minimum Gasteiger partial charge on any atom is -0.392 e. The molecule has 0 unspecified atom stereocenters. The first-order chi connectivity index (χ1) is 6.72. The van der Waals surface area contributed by atoms with Crippen molar-refractivity contribution in [3.8, 4) is 11.8 Å². The van der Waals surface area contributed by atoms with Crippen molar-refractivity contribution >= 4 is 23.2 Å². The predicted molar refractivity (Wildman–Crippen MR) is 59.6 cm³/mol. The minimum absolute atomic E-state index is 0.00895. The highest BCUT2D eigenvalue weighted by Gasteiger charge is 1.93. The summed E-state index contributed by atoms with van der Waals surface area (Å²) in [6.07, 6.45) is 3.13. The highest BCUT2D eigenvalue weighted by Crippen LogP contribution is 2.18. The smallest absolute Gasteiger partial charge is 0.0621 e. The second kappa shape index (κ2) is 5.72. The number of hydrogen-bond acceptors (Lipinski definition) is 1. The summed E-state index contributed by atoms with van der Waals surface area (Å²) in [6.45, 7) is -0.00895. The van der Waals surface area contributed by atoms with Gasteiger partial charge in [0.2, 0.25) is 0 Å². The van der Waals surface area contributed by atoms with Gasteiger partial charge in [-0.3, -0.25) is 0 Å². The zero-order valence-corrected chi connectivity index (χ0v) is 8.81. The second-order valence-corrected chi connectivity index (χ2v) is 3.39. The molecule has 72 valence electrons. The first-order valence-electron chi connectivity index (χ1n) is 3.96. The Morgan fingerprint density at radius 2 is 1.86 bits per heavy atom. The number of hydrogen-bond donors (Lipinski definition) is 1. The Morgan fingerprint density at radius 1 is 1.21 bits per heavy atom. The maximum absolute atomic E-state index is 8.45. The van der Waals surface area contributed by atoms with E-state index in [-0.39, 0.29) is 6.61 Å². The molecular weight excluding hydrogens is 219 g/mol.